The molecule has 37 heavy (non-hydrogen) atoms. The second-order valence-electron chi connectivity index (χ2n) is 10.4. The van der Waals surface area contributed by atoms with Crippen LogP contribution in [0.1, 0.15) is 142 Å². The Labute approximate surface area is 227 Å². The molecule has 0 aliphatic rings. The first-order valence-electron chi connectivity index (χ1n) is 15.3. The van der Waals surface area contributed by atoms with Crippen LogP contribution in [0.5, 0.6) is 0 Å². The number of hydrogen-bond donors (Lipinski definition) is 2. The van der Waals surface area contributed by atoms with E-state index in [0.29, 0.717) is 19.4 Å². The van der Waals surface area contributed by atoms with Crippen LogP contribution < -0.4 is 5.32 Å². The van der Waals surface area contributed by atoms with E-state index >= 15 is 0 Å². The third kappa shape index (κ3) is 27.2. The first kappa shape index (κ1) is 35.4. The lowest BCUT2D eigenvalue weighted by Crippen LogP contribution is -2.28. The molecule has 0 bridgehead atoms. The quantitative estimate of drug-likeness (QED) is 0.0852. The fourth-order valence-electron chi connectivity index (χ4n) is 4.52. The average Bonchev–Trinajstić information content (AvgIpc) is 2.88. The molecule has 0 fully saturated rings. The van der Waals surface area contributed by atoms with Gasteiger partial charge in [-0.3, -0.25) is 14.4 Å². The fourth-order valence-corrected chi connectivity index (χ4v) is 4.52. The van der Waals surface area contributed by atoms with Gasteiger partial charge < -0.3 is 20.1 Å². The summed E-state index contributed by atoms with van der Waals surface area (Å²) in [5, 5.41) is 11.4. The largest absolute Gasteiger partial charge is 0.481 e. The van der Waals surface area contributed by atoms with Crippen LogP contribution in [-0.4, -0.2) is 61.1 Å². The second-order valence-corrected chi connectivity index (χ2v) is 10.4. The number of carboxylic acids is 1. The summed E-state index contributed by atoms with van der Waals surface area (Å²) in [6.45, 7) is 5.83. The molecular formula is C30H58N2O5. The highest BCUT2D eigenvalue weighted by molar-refractivity contribution is 5.75. The van der Waals surface area contributed by atoms with Gasteiger partial charge in [0.25, 0.3) is 0 Å². The van der Waals surface area contributed by atoms with E-state index in [4.69, 9.17) is 9.84 Å². The summed E-state index contributed by atoms with van der Waals surface area (Å²) in [6, 6.07) is 0. The molecule has 218 valence electrons. The molecule has 0 spiro atoms. The summed E-state index contributed by atoms with van der Waals surface area (Å²) < 4.78 is 5.37. The monoisotopic (exact) mass is 526 g/mol. The van der Waals surface area contributed by atoms with Crippen LogP contribution in [0.3, 0.4) is 0 Å². The number of carboxylic acid groups (broad SMARTS) is 1. The van der Waals surface area contributed by atoms with Gasteiger partial charge in [0.05, 0.1) is 6.61 Å². The van der Waals surface area contributed by atoms with Crippen molar-refractivity contribution in [1.29, 1.82) is 0 Å². The maximum atomic E-state index is 11.9. The SMILES string of the molecule is CCCCCCCCCOC(=O)CCCCCCCN(CCCCCCCC(=O)O)CCCC(=O)NC. The maximum absolute atomic E-state index is 11.9. The van der Waals surface area contributed by atoms with Crippen molar-refractivity contribution in [3.63, 3.8) is 0 Å². The molecule has 7 heteroatoms. The van der Waals surface area contributed by atoms with Gasteiger partial charge in [-0.05, 0) is 58.2 Å². The lowest BCUT2D eigenvalue weighted by Gasteiger charge is -2.22. The fraction of sp³-hybridized carbons (Fsp3) is 0.900. The van der Waals surface area contributed by atoms with E-state index in [1.807, 2.05) is 0 Å². The zero-order chi connectivity index (χ0) is 27.4. The minimum absolute atomic E-state index is 0.0452. The molecule has 0 heterocycles. The van der Waals surface area contributed by atoms with Crippen molar-refractivity contribution in [2.45, 2.75) is 142 Å². The van der Waals surface area contributed by atoms with Gasteiger partial charge >= 0.3 is 11.9 Å². The predicted molar refractivity (Wildman–Crippen MR) is 152 cm³/mol. The number of esters is 1. The van der Waals surface area contributed by atoms with Crippen LogP contribution in [0.2, 0.25) is 0 Å². The molecule has 0 radical (unpaired) electrons. The van der Waals surface area contributed by atoms with Gasteiger partial charge in [0.2, 0.25) is 5.91 Å². The molecule has 0 saturated heterocycles. The van der Waals surface area contributed by atoms with Gasteiger partial charge in [0.1, 0.15) is 0 Å². The molecule has 2 N–H and O–H groups in total. The van der Waals surface area contributed by atoms with Gasteiger partial charge in [-0.1, -0.05) is 84.0 Å². The smallest absolute Gasteiger partial charge is 0.305 e. The van der Waals surface area contributed by atoms with Gasteiger partial charge in [-0.2, -0.15) is 0 Å². The lowest BCUT2D eigenvalue weighted by molar-refractivity contribution is -0.144. The second kappa shape index (κ2) is 27.4. The van der Waals surface area contributed by atoms with E-state index in [1.165, 1.54) is 32.1 Å². The zero-order valence-corrected chi connectivity index (χ0v) is 24.2. The minimum Gasteiger partial charge on any atom is -0.481 e. The van der Waals surface area contributed by atoms with E-state index < -0.39 is 5.97 Å². The van der Waals surface area contributed by atoms with Gasteiger partial charge in [-0.25, -0.2) is 0 Å². The molecule has 0 atom stereocenters. The van der Waals surface area contributed by atoms with Gasteiger partial charge in [0.15, 0.2) is 0 Å². The molecule has 0 aromatic carbocycles. The number of ether oxygens (including phenoxy) is 1. The van der Waals surface area contributed by atoms with Crippen molar-refractivity contribution >= 4 is 17.8 Å². The van der Waals surface area contributed by atoms with Crippen LogP contribution >= 0.6 is 0 Å². The molecule has 1 amide bonds. The summed E-state index contributed by atoms with van der Waals surface area (Å²) >= 11 is 0. The molecule has 0 unspecified atom stereocenters. The van der Waals surface area contributed by atoms with E-state index in [9.17, 15) is 14.4 Å². The molecule has 0 aliphatic heterocycles. The van der Waals surface area contributed by atoms with E-state index in [0.717, 1.165) is 103 Å². The Balaban J connectivity index is 3.83. The molecule has 0 aromatic heterocycles. The summed E-state index contributed by atoms with van der Waals surface area (Å²) in [4.78, 5) is 36.5. The van der Waals surface area contributed by atoms with Crippen molar-refractivity contribution in [2.24, 2.45) is 0 Å². The summed E-state index contributed by atoms with van der Waals surface area (Å²) in [7, 11) is 1.68. The van der Waals surface area contributed by atoms with Gasteiger partial charge in [-0.15, -0.1) is 0 Å². The Hall–Kier alpha value is -1.63. The van der Waals surface area contributed by atoms with Crippen molar-refractivity contribution in [1.82, 2.24) is 10.2 Å². The number of carbonyl (C=O) groups excluding carboxylic acids is 2. The number of aliphatic carboxylic acids is 1. The number of nitrogens with zero attached hydrogens (tertiary/aromatic N) is 1. The summed E-state index contributed by atoms with van der Waals surface area (Å²) in [6.07, 6.45) is 21.4. The van der Waals surface area contributed by atoms with Gasteiger partial charge in [0, 0.05) is 26.3 Å². The maximum Gasteiger partial charge on any atom is 0.305 e. The van der Waals surface area contributed by atoms with Crippen molar-refractivity contribution < 1.29 is 24.2 Å². The molecule has 0 saturated carbocycles. The third-order valence-corrected chi connectivity index (χ3v) is 6.89. The zero-order valence-electron chi connectivity index (χ0n) is 24.2. The normalized spacial score (nSPS) is 11.1. The molecule has 0 aliphatic carbocycles. The highest BCUT2D eigenvalue weighted by Gasteiger charge is 2.07. The first-order valence-corrected chi connectivity index (χ1v) is 15.3. The number of nitrogens with one attached hydrogen (secondary N) is 1. The molecule has 0 rings (SSSR count). The number of hydrogen-bond acceptors (Lipinski definition) is 5. The Bertz CT molecular complexity index is 556. The Morgan fingerprint density at radius 3 is 1.68 bits per heavy atom. The number of carbonyl (C=O) groups is 3. The van der Waals surface area contributed by atoms with E-state index in [1.54, 1.807) is 7.05 Å². The van der Waals surface area contributed by atoms with Crippen LogP contribution in [0.15, 0.2) is 0 Å². The Kier molecular flexibility index (Phi) is 26.2. The Morgan fingerprint density at radius 2 is 1.11 bits per heavy atom. The topological polar surface area (TPSA) is 95.9 Å². The summed E-state index contributed by atoms with van der Waals surface area (Å²) in [5.74, 6) is -0.656. The predicted octanol–water partition coefficient (Wildman–Crippen LogP) is 6.87. The van der Waals surface area contributed by atoms with Crippen molar-refractivity contribution in [3.05, 3.63) is 0 Å². The molecular weight excluding hydrogens is 468 g/mol. The number of unbranched alkanes of at least 4 members (excludes halogenated alkanes) is 14. The van der Waals surface area contributed by atoms with E-state index in [-0.39, 0.29) is 18.3 Å². The standard InChI is InChI=1S/C30H58N2O5/c1-3-4-5-6-7-14-19-27-37-30(36)23-16-11-9-13-18-25-32(26-20-21-28(33)31-2)24-17-12-8-10-15-22-29(34)35/h3-27H2,1-2H3,(H,31,33)(H,34,35). The number of amides is 1. The van der Waals surface area contributed by atoms with E-state index in [2.05, 4.69) is 17.1 Å². The van der Waals surface area contributed by atoms with Crippen molar-refractivity contribution in [3.8, 4) is 0 Å². The lowest BCUT2D eigenvalue weighted by atomic mass is 10.1. The number of rotatable bonds is 28. The Morgan fingerprint density at radius 1 is 0.622 bits per heavy atom. The van der Waals surface area contributed by atoms with Crippen LogP contribution in [-0.2, 0) is 19.1 Å². The van der Waals surface area contributed by atoms with Crippen LogP contribution in [0.25, 0.3) is 0 Å². The molecule has 0 aromatic rings. The first-order chi connectivity index (χ1) is 18.0. The van der Waals surface area contributed by atoms with Crippen LogP contribution in [0, 0.1) is 0 Å². The minimum atomic E-state index is -0.707. The van der Waals surface area contributed by atoms with Crippen LogP contribution in [0.4, 0.5) is 0 Å². The van der Waals surface area contributed by atoms with Crippen molar-refractivity contribution in [2.75, 3.05) is 33.3 Å². The average molecular weight is 527 g/mol. The summed E-state index contributed by atoms with van der Waals surface area (Å²) in [5.41, 5.74) is 0. The highest BCUT2D eigenvalue weighted by atomic mass is 16.5. The molecule has 7 nitrogen and oxygen atoms in total. The third-order valence-electron chi connectivity index (χ3n) is 6.89. The highest BCUT2D eigenvalue weighted by Crippen LogP contribution is 2.11.